The van der Waals surface area contributed by atoms with Gasteiger partial charge in [0.2, 0.25) is 5.91 Å². The molecule has 0 heterocycles. The summed E-state index contributed by atoms with van der Waals surface area (Å²) in [6, 6.07) is -0.984. The van der Waals surface area contributed by atoms with E-state index in [4.69, 9.17) is 0 Å². The van der Waals surface area contributed by atoms with Gasteiger partial charge in [0, 0.05) is 0 Å². The van der Waals surface area contributed by atoms with Gasteiger partial charge in [-0.2, -0.15) is 0 Å². The number of carbonyl (C=O) groups excluding carboxylic acids is 1. The lowest BCUT2D eigenvalue weighted by atomic mass is 9.99. The first kappa shape index (κ1) is 65.0. The van der Waals surface area contributed by atoms with E-state index in [1.807, 2.05) is 0 Å². The first-order chi connectivity index (χ1) is 32.5. The summed E-state index contributed by atoms with van der Waals surface area (Å²) in [4.78, 5) is 12.6. The van der Waals surface area contributed by atoms with Crippen molar-refractivity contribution < 1.29 is 25.2 Å². The zero-order valence-corrected chi connectivity index (χ0v) is 44.7. The van der Waals surface area contributed by atoms with Crippen molar-refractivity contribution in [1.29, 1.82) is 0 Å². The summed E-state index contributed by atoms with van der Waals surface area (Å²) >= 11 is 0. The van der Waals surface area contributed by atoms with Crippen LogP contribution in [0.2, 0.25) is 0 Å². The zero-order chi connectivity index (χ0) is 48.1. The lowest BCUT2D eigenvalue weighted by Gasteiger charge is -2.27. The highest BCUT2D eigenvalue weighted by Gasteiger charge is 2.28. The Morgan fingerprint density at radius 1 is 0.364 bits per heavy atom. The lowest BCUT2D eigenvalue weighted by molar-refractivity contribution is -0.132. The molecule has 0 aliphatic heterocycles. The van der Waals surface area contributed by atoms with Crippen LogP contribution < -0.4 is 5.32 Å². The molecule has 394 valence electrons. The number of amides is 1. The van der Waals surface area contributed by atoms with Gasteiger partial charge < -0.3 is 25.7 Å². The number of aliphatic hydroxyl groups is 4. The molecular weight excluding hydrogens is 815 g/mol. The van der Waals surface area contributed by atoms with Crippen molar-refractivity contribution >= 4 is 5.91 Å². The van der Waals surface area contributed by atoms with Crippen molar-refractivity contribution in [2.24, 2.45) is 0 Å². The first-order valence-corrected chi connectivity index (χ1v) is 30.1. The van der Waals surface area contributed by atoms with Crippen LogP contribution in [0.5, 0.6) is 0 Å². The molecule has 1 amide bonds. The average molecular weight is 935 g/mol. The van der Waals surface area contributed by atoms with Crippen LogP contribution in [0.3, 0.4) is 0 Å². The Morgan fingerprint density at radius 2 is 0.606 bits per heavy atom. The fraction of sp³-hybridized carbons (Fsp3) is 0.950. The summed E-state index contributed by atoms with van der Waals surface area (Å²) in [5.41, 5.74) is 0. The molecule has 0 saturated heterocycles. The van der Waals surface area contributed by atoms with Crippen LogP contribution in [0.1, 0.15) is 335 Å². The number of carbonyl (C=O) groups is 1. The average Bonchev–Trinajstić information content (AvgIpc) is 3.32. The Bertz CT molecular complexity index is 959. The quantitative estimate of drug-likeness (QED) is 0.0308. The molecule has 0 rings (SSSR count). The highest BCUT2D eigenvalue weighted by Crippen LogP contribution is 2.19. The van der Waals surface area contributed by atoms with Gasteiger partial charge in [0.25, 0.3) is 0 Å². The Kier molecular flexibility index (Phi) is 54.2. The van der Waals surface area contributed by atoms with Gasteiger partial charge in [-0.1, -0.05) is 309 Å². The van der Waals surface area contributed by atoms with E-state index in [0.717, 1.165) is 38.5 Å². The van der Waals surface area contributed by atoms with Crippen LogP contribution in [0, 0.1) is 0 Å². The summed E-state index contributed by atoms with van der Waals surface area (Å²) in [6.07, 6.45) is 65.7. The molecular formula is C60H119NO5. The Morgan fingerprint density at radius 3 is 0.879 bits per heavy atom. The molecule has 4 unspecified atom stereocenters. The third kappa shape index (κ3) is 48.1. The van der Waals surface area contributed by atoms with Crippen molar-refractivity contribution in [3.63, 3.8) is 0 Å². The molecule has 6 nitrogen and oxygen atoms in total. The van der Waals surface area contributed by atoms with E-state index in [0.29, 0.717) is 12.8 Å². The van der Waals surface area contributed by atoms with Gasteiger partial charge in [-0.05, 0) is 38.5 Å². The fourth-order valence-corrected chi connectivity index (χ4v) is 9.76. The SMILES string of the molecule is CCCCCCCCCCCCCC/C=C\CCCCCCCCCCCCC(O)C(=O)NC(CO)C(O)C(O)CCCCCCCCCCCCCCCCCCCCCCCCCC. The van der Waals surface area contributed by atoms with Crippen molar-refractivity contribution in [2.75, 3.05) is 6.61 Å². The van der Waals surface area contributed by atoms with Gasteiger partial charge in [-0.3, -0.25) is 4.79 Å². The molecule has 0 spiro atoms. The molecule has 0 bridgehead atoms. The van der Waals surface area contributed by atoms with Crippen LogP contribution >= 0.6 is 0 Å². The summed E-state index contributed by atoms with van der Waals surface area (Å²) < 4.78 is 0. The van der Waals surface area contributed by atoms with E-state index in [1.54, 1.807) is 0 Å². The first-order valence-electron chi connectivity index (χ1n) is 30.1. The van der Waals surface area contributed by atoms with Crippen molar-refractivity contribution in [3.8, 4) is 0 Å². The topological polar surface area (TPSA) is 110 Å². The lowest BCUT2D eigenvalue weighted by Crippen LogP contribution is -2.53. The summed E-state index contributed by atoms with van der Waals surface area (Å²) in [6.45, 7) is 4.10. The standard InChI is InChI=1S/C60H119NO5/c1-3-5-7-9-11-13-15-17-19-21-23-25-27-29-30-32-34-36-38-40-42-44-46-48-50-52-54-58(64)60(66)61-56(55-62)59(65)57(63)53-51-49-47-45-43-41-39-37-35-33-31-28-26-24-22-20-18-16-14-12-10-8-6-4-2/h29-30,56-59,62-65H,3-28,31-55H2,1-2H3,(H,61,66)/b30-29-. The number of hydrogen-bond donors (Lipinski definition) is 5. The molecule has 0 saturated carbocycles. The van der Waals surface area contributed by atoms with Gasteiger partial charge in [0.15, 0.2) is 0 Å². The van der Waals surface area contributed by atoms with Crippen LogP contribution in [-0.2, 0) is 4.79 Å². The smallest absolute Gasteiger partial charge is 0.249 e. The molecule has 5 N–H and O–H groups in total. The van der Waals surface area contributed by atoms with Gasteiger partial charge in [0.05, 0.1) is 18.8 Å². The molecule has 0 aromatic heterocycles. The number of rotatable bonds is 56. The number of nitrogens with one attached hydrogen (secondary N) is 1. The van der Waals surface area contributed by atoms with E-state index in [2.05, 4.69) is 31.3 Å². The predicted octanol–water partition coefficient (Wildman–Crippen LogP) is 17.6. The van der Waals surface area contributed by atoms with E-state index in [9.17, 15) is 25.2 Å². The molecule has 6 heteroatoms. The maximum Gasteiger partial charge on any atom is 0.249 e. The van der Waals surface area contributed by atoms with Crippen molar-refractivity contribution in [3.05, 3.63) is 12.2 Å². The second-order valence-electron chi connectivity index (χ2n) is 21.1. The van der Waals surface area contributed by atoms with Crippen LogP contribution in [0.15, 0.2) is 12.2 Å². The van der Waals surface area contributed by atoms with Crippen molar-refractivity contribution in [1.82, 2.24) is 5.32 Å². The summed E-state index contributed by atoms with van der Waals surface area (Å²) in [5.74, 6) is -0.579. The largest absolute Gasteiger partial charge is 0.394 e. The number of unbranched alkanes of at least 4 members (excludes halogenated alkanes) is 45. The molecule has 0 aliphatic carbocycles. The summed E-state index contributed by atoms with van der Waals surface area (Å²) in [5, 5.41) is 44.1. The van der Waals surface area contributed by atoms with Gasteiger partial charge in [-0.25, -0.2) is 0 Å². The third-order valence-electron chi connectivity index (χ3n) is 14.5. The molecule has 0 fully saturated rings. The maximum atomic E-state index is 12.6. The zero-order valence-electron chi connectivity index (χ0n) is 44.7. The summed E-state index contributed by atoms with van der Waals surface area (Å²) in [7, 11) is 0. The normalized spacial score (nSPS) is 13.7. The van der Waals surface area contributed by atoms with E-state index in [1.165, 1.54) is 270 Å². The van der Waals surface area contributed by atoms with Crippen LogP contribution in [0.4, 0.5) is 0 Å². The van der Waals surface area contributed by atoms with Gasteiger partial charge in [-0.15, -0.1) is 0 Å². The molecule has 0 aliphatic rings. The highest BCUT2D eigenvalue weighted by molar-refractivity contribution is 5.80. The Balaban J connectivity index is 3.59. The highest BCUT2D eigenvalue weighted by atomic mass is 16.3. The predicted molar refractivity (Wildman–Crippen MR) is 288 cm³/mol. The second-order valence-corrected chi connectivity index (χ2v) is 21.1. The Hall–Kier alpha value is -0.950. The molecule has 0 radical (unpaired) electrons. The van der Waals surface area contributed by atoms with E-state index in [-0.39, 0.29) is 0 Å². The number of allylic oxidation sites excluding steroid dienone is 2. The van der Waals surface area contributed by atoms with Crippen molar-refractivity contribution in [2.45, 2.75) is 359 Å². The van der Waals surface area contributed by atoms with E-state index >= 15 is 0 Å². The minimum absolute atomic E-state index is 0.371. The van der Waals surface area contributed by atoms with E-state index < -0.39 is 36.9 Å². The van der Waals surface area contributed by atoms with Crippen LogP contribution in [0.25, 0.3) is 0 Å². The fourth-order valence-electron chi connectivity index (χ4n) is 9.76. The molecule has 0 aromatic carbocycles. The van der Waals surface area contributed by atoms with Gasteiger partial charge in [0.1, 0.15) is 12.2 Å². The number of aliphatic hydroxyl groups excluding tert-OH is 4. The molecule has 4 atom stereocenters. The molecule has 0 aromatic rings. The molecule has 66 heavy (non-hydrogen) atoms. The minimum Gasteiger partial charge on any atom is -0.394 e. The van der Waals surface area contributed by atoms with Crippen LogP contribution in [-0.4, -0.2) is 57.3 Å². The monoisotopic (exact) mass is 934 g/mol. The Labute approximate surface area is 412 Å². The third-order valence-corrected chi connectivity index (χ3v) is 14.5. The second kappa shape index (κ2) is 55.0. The number of hydrogen-bond acceptors (Lipinski definition) is 5. The minimum atomic E-state index is -1.26. The van der Waals surface area contributed by atoms with Gasteiger partial charge >= 0.3 is 0 Å². The maximum absolute atomic E-state index is 12.6.